The zero-order valence-electron chi connectivity index (χ0n) is 15.6. The number of aryl methyl sites for hydroxylation is 3. The number of carbonyl (C=O) groups excluding carboxylic acids is 1. The summed E-state index contributed by atoms with van der Waals surface area (Å²) in [6.07, 6.45) is 0. The van der Waals surface area contributed by atoms with Crippen LogP contribution in [0.1, 0.15) is 33.0 Å². The molecule has 0 aliphatic rings. The number of carbonyl (C=O) groups is 1. The third-order valence-electron chi connectivity index (χ3n) is 4.55. The Morgan fingerprint density at radius 3 is 2.35 bits per heavy atom. The van der Waals surface area contributed by atoms with Gasteiger partial charge in [-0.2, -0.15) is 10.2 Å². The Morgan fingerprint density at radius 2 is 1.77 bits per heavy atom. The maximum Gasteiger partial charge on any atom is 0.258 e. The zero-order chi connectivity index (χ0) is 19.0. The molecule has 136 valence electrons. The molecule has 7 heteroatoms. The van der Waals surface area contributed by atoms with Crippen molar-refractivity contribution >= 4 is 17.5 Å². The number of hydrogen-bond acceptors (Lipinski definition) is 3. The van der Waals surface area contributed by atoms with Crippen molar-refractivity contribution in [2.24, 2.45) is 7.05 Å². The maximum atomic E-state index is 12.9. The smallest absolute Gasteiger partial charge is 0.258 e. The van der Waals surface area contributed by atoms with Crippen LogP contribution in [0, 0.1) is 20.8 Å². The normalized spacial score (nSPS) is 11.0. The van der Waals surface area contributed by atoms with E-state index in [1.54, 1.807) is 25.9 Å². The van der Waals surface area contributed by atoms with Crippen LogP contribution in [0.25, 0.3) is 5.69 Å². The lowest BCUT2D eigenvalue weighted by Crippen LogP contribution is -2.27. The van der Waals surface area contributed by atoms with Crippen molar-refractivity contribution in [2.45, 2.75) is 27.3 Å². The molecule has 0 spiro atoms. The molecule has 2 heterocycles. The second-order valence-electron chi connectivity index (χ2n) is 6.43. The summed E-state index contributed by atoms with van der Waals surface area (Å²) in [7, 11) is 3.49. The first-order chi connectivity index (χ1) is 12.3. The average molecular weight is 372 g/mol. The van der Waals surface area contributed by atoms with Gasteiger partial charge in [0.15, 0.2) is 0 Å². The summed E-state index contributed by atoms with van der Waals surface area (Å²) in [4.78, 5) is 14.5. The molecule has 0 unspecified atom stereocenters. The van der Waals surface area contributed by atoms with Gasteiger partial charge >= 0.3 is 0 Å². The number of aromatic nitrogens is 4. The molecule has 0 N–H and O–H groups in total. The van der Waals surface area contributed by atoms with Crippen LogP contribution in [0.3, 0.4) is 0 Å². The molecule has 1 aromatic carbocycles. The third-order valence-corrected chi connectivity index (χ3v) is 4.98. The highest BCUT2D eigenvalue weighted by molar-refractivity contribution is 6.33. The van der Waals surface area contributed by atoms with Crippen molar-refractivity contribution < 1.29 is 4.79 Å². The first-order valence-electron chi connectivity index (χ1n) is 8.36. The van der Waals surface area contributed by atoms with Gasteiger partial charge < -0.3 is 4.90 Å². The van der Waals surface area contributed by atoms with Crippen molar-refractivity contribution in [3.05, 3.63) is 63.7 Å². The molecule has 0 saturated heterocycles. The van der Waals surface area contributed by atoms with Crippen LogP contribution >= 0.6 is 11.6 Å². The van der Waals surface area contributed by atoms with Crippen LogP contribution in [0.4, 0.5) is 0 Å². The highest BCUT2D eigenvalue weighted by Gasteiger charge is 2.24. The summed E-state index contributed by atoms with van der Waals surface area (Å²) < 4.78 is 3.42. The Labute approximate surface area is 158 Å². The van der Waals surface area contributed by atoms with Crippen LogP contribution in [0.15, 0.2) is 30.3 Å². The molecular weight excluding hydrogens is 350 g/mol. The van der Waals surface area contributed by atoms with E-state index >= 15 is 0 Å². The monoisotopic (exact) mass is 371 g/mol. The molecule has 0 atom stereocenters. The number of benzene rings is 1. The fourth-order valence-electron chi connectivity index (χ4n) is 3.10. The summed E-state index contributed by atoms with van der Waals surface area (Å²) in [6.45, 7) is 6.22. The Bertz CT molecular complexity index is 958. The van der Waals surface area contributed by atoms with Gasteiger partial charge in [0.25, 0.3) is 5.91 Å². The Hall–Kier alpha value is -2.60. The summed E-state index contributed by atoms with van der Waals surface area (Å²) in [5.74, 6) is -0.146. The van der Waals surface area contributed by atoms with Crippen LogP contribution < -0.4 is 0 Å². The summed E-state index contributed by atoms with van der Waals surface area (Å²) in [5.41, 5.74) is 5.02. The van der Waals surface area contributed by atoms with E-state index in [0.29, 0.717) is 23.0 Å². The highest BCUT2D eigenvalue weighted by atomic mass is 35.5. The average Bonchev–Trinajstić information content (AvgIpc) is 3.04. The van der Waals surface area contributed by atoms with Gasteiger partial charge in [-0.15, -0.1) is 0 Å². The molecule has 0 bridgehead atoms. The number of amides is 1. The van der Waals surface area contributed by atoms with E-state index in [9.17, 15) is 4.79 Å². The second kappa shape index (κ2) is 6.96. The van der Waals surface area contributed by atoms with Crippen molar-refractivity contribution in [3.63, 3.8) is 0 Å². The standard InChI is InChI=1S/C19H22ClN5O/c1-12-16(14(3)25(22-12)15-9-7-6-8-10-15)11-23(4)19(26)17-13(2)21-24(5)18(17)20/h6-10H,11H2,1-5H3. The number of para-hydroxylation sites is 1. The van der Waals surface area contributed by atoms with Gasteiger partial charge in [-0.1, -0.05) is 29.8 Å². The van der Waals surface area contributed by atoms with Gasteiger partial charge in [0, 0.05) is 31.9 Å². The molecule has 3 aromatic rings. The summed E-state index contributed by atoms with van der Waals surface area (Å²) in [5, 5.41) is 9.22. The molecule has 0 aliphatic carbocycles. The summed E-state index contributed by atoms with van der Waals surface area (Å²) in [6, 6.07) is 9.96. The van der Waals surface area contributed by atoms with E-state index in [2.05, 4.69) is 10.2 Å². The molecule has 0 fully saturated rings. The topological polar surface area (TPSA) is 56.0 Å². The molecule has 0 radical (unpaired) electrons. The van der Waals surface area contributed by atoms with Gasteiger partial charge in [0.2, 0.25) is 0 Å². The van der Waals surface area contributed by atoms with E-state index in [4.69, 9.17) is 11.6 Å². The predicted molar refractivity (Wildman–Crippen MR) is 102 cm³/mol. The van der Waals surface area contributed by atoms with Gasteiger partial charge in [0.1, 0.15) is 5.15 Å². The Kier molecular flexibility index (Phi) is 4.87. The lowest BCUT2D eigenvalue weighted by Gasteiger charge is -2.17. The SMILES string of the molecule is Cc1nn(-c2ccccc2)c(C)c1CN(C)C(=O)c1c(C)nn(C)c1Cl. The van der Waals surface area contributed by atoms with Crippen LogP contribution in [0.2, 0.25) is 5.15 Å². The number of halogens is 1. The Balaban J connectivity index is 1.89. The van der Waals surface area contributed by atoms with E-state index in [0.717, 1.165) is 22.6 Å². The second-order valence-corrected chi connectivity index (χ2v) is 6.79. The molecule has 0 saturated carbocycles. The molecule has 26 heavy (non-hydrogen) atoms. The zero-order valence-corrected chi connectivity index (χ0v) is 16.4. The minimum atomic E-state index is -0.146. The summed E-state index contributed by atoms with van der Waals surface area (Å²) >= 11 is 6.24. The van der Waals surface area contributed by atoms with Crippen LogP contribution in [-0.2, 0) is 13.6 Å². The molecule has 0 aliphatic heterocycles. The van der Waals surface area contributed by atoms with Crippen molar-refractivity contribution in [3.8, 4) is 5.69 Å². The van der Waals surface area contributed by atoms with Crippen molar-refractivity contribution in [2.75, 3.05) is 7.05 Å². The first-order valence-corrected chi connectivity index (χ1v) is 8.74. The van der Waals surface area contributed by atoms with E-state index < -0.39 is 0 Å². The van der Waals surface area contributed by atoms with Gasteiger partial charge in [-0.05, 0) is 32.9 Å². The quantitative estimate of drug-likeness (QED) is 0.705. The van der Waals surface area contributed by atoms with E-state index in [1.807, 2.05) is 48.9 Å². The maximum absolute atomic E-state index is 12.9. The lowest BCUT2D eigenvalue weighted by molar-refractivity contribution is 0.0784. The minimum Gasteiger partial charge on any atom is -0.337 e. The largest absolute Gasteiger partial charge is 0.337 e. The number of hydrogen-bond donors (Lipinski definition) is 0. The van der Waals surface area contributed by atoms with Gasteiger partial charge in [-0.3, -0.25) is 9.48 Å². The number of nitrogens with zero attached hydrogens (tertiary/aromatic N) is 5. The third kappa shape index (κ3) is 3.12. The molecule has 6 nitrogen and oxygen atoms in total. The molecular formula is C19H22ClN5O. The molecule has 3 rings (SSSR count). The van der Waals surface area contributed by atoms with Crippen LogP contribution in [0.5, 0.6) is 0 Å². The number of rotatable bonds is 4. The van der Waals surface area contributed by atoms with Crippen LogP contribution in [-0.4, -0.2) is 37.4 Å². The minimum absolute atomic E-state index is 0.146. The van der Waals surface area contributed by atoms with E-state index in [1.165, 1.54) is 4.68 Å². The van der Waals surface area contributed by atoms with Crippen molar-refractivity contribution in [1.82, 2.24) is 24.5 Å². The van der Waals surface area contributed by atoms with Crippen molar-refractivity contribution in [1.29, 1.82) is 0 Å². The fraction of sp³-hybridized carbons (Fsp3) is 0.316. The van der Waals surface area contributed by atoms with Gasteiger partial charge in [-0.25, -0.2) is 4.68 Å². The fourth-order valence-corrected chi connectivity index (χ4v) is 3.35. The lowest BCUT2D eigenvalue weighted by atomic mass is 10.1. The highest BCUT2D eigenvalue weighted by Crippen LogP contribution is 2.23. The van der Waals surface area contributed by atoms with E-state index in [-0.39, 0.29) is 5.91 Å². The predicted octanol–water partition coefficient (Wildman–Crippen LogP) is 3.46. The Morgan fingerprint density at radius 1 is 1.12 bits per heavy atom. The molecule has 2 aromatic heterocycles. The first kappa shape index (κ1) is 18.2. The molecule has 1 amide bonds. The van der Waals surface area contributed by atoms with Gasteiger partial charge in [0.05, 0.1) is 22.6 Å².